The maximum atomic E-state index is 5.54. The van der Waals surface area contributed by atoms with Gasteiger partial charge in [0.15, 0.2) is 0 Å². The van der Waals surface area contributed by atoms with Gasteiger partial charge in [-0.1, -0.05) is 27.7 Å². The fraction of sp³-hybridized carbons (Fsp3) is 0.750. The molecule has 0 spiro atoms. The van der Waals surface area contributed by atoms with Crippen molar-refractivity contribution in [1.29, 1.82) is 0 Å². The average Bonchev–Trinajstić information content (AvgIpc) is 2.52. The molecule has 0 radical (unpaired) electrons. The Bertz CT molecular complexity index is 299. The largest absolute Gasteiger partial charge is 0.330 e. The van der Waals surface area contributed by atoms with E-state index in [0.29, 0.717) is 5.92 Å². The molecule has 86 valence electrons. The smallest absolute Gasteiger partial charge is 0.0931 e. The summed E-state index contributed by atoms with van der Waals surface area (Å²) in [6.45, 7) is 9.63. The van der Waals surface area contributed by atoms with Gasteiger partial charge in [-0.05, 0) is 18.9 Å². The van der Waals surface area contributed by atoms with Gasteiger partial charge in [-0.2, -0.15) is 0 Å². The zero-order valence-corrected chi connectivity index (χ0v) is 11.0. The molecule has 0 bridgehead atoms. The lowest BCUT2D eigenvalue weighted by Gasteiger charge is -2.14. The van der Waals surface area contributed by atoms with Crippen molar-refractivity contribution in [3.05, 3.63) is 16.1 Å². The van der Waals surface area contributed by atoms with Gasteiger partial charge < -0.3 is 5.73 Å². The lowest BCUT2D eigenvalue weighted by molar-refractivity contribution is 0.529. The Morgan fingerprint density at radius 3 is 2.60 bits per heavy atom. The molecule has 1 unspecified atom stereocenters. The summed E-state index contributed by atoms with van der Waals surface area (Å²) in [5, 5.41) is 3.44. The van der Waals surface area contributed by atoms with Gasteiger partial charge in [-0.15, -0.1) is 11.3 Å². The molecule has 3 heteroatoms. The van der Waals surface area contributed by atoms with Crippen molar-refractivity contribution in [2.45, 2.75) is 46.0 Å². The highest BCUT2D eigenvalue weighted by atomic mass is 32.1. The van der Waals surface area contributed by atoms with E-state index in [1.807, 2.05) is 0 Å². The highest BCUT2D eigenvalue weighted by molar-refractivity contribution is 7.09. The van der Waals surface area contributed by atoms with Gasteiger partial charge in [0.1, 0.15) is 0 Å². The summed E-state index contributed by atoms with van der Waals surface area (Å²) in [6, 6.07) is 0. The van der Waals surface area contributed by atoms with Crippen LogP contribution in [0.25, 0.3) is 0 Å². The number of hydrogen-bond acceptors (Lipinski definition) is 3. The monoisotopic (exact) mass is 226 g/mol. The standard InChI is InChI=1S/C12H22N2S/c1-9(5-6-13)7-11-14-10(8-15-11)12(2,3)4/h8-9H,5-7,13H2,1-4H3. The van der Waals surface area contributed by atoms with E-state index >= 15 is 0 Å². The maximum Gasteiger partial charge on any atom is 0.0931 e. The number of nitrogens with zero attached hydrogens (tertiary/aromatic N) is 1. The molecule has 2 nitrogen and oxygen atoms in total. The van der Waals surface area contributed by atoms with Gasteiger partial charge in [0, 0.05) is 17.2 Å². The molecule has 0 aliphatic rings. The van der Waals surface area contributed by atoms with Gasteiger partial charge in [-0.25, -0.2) is 4.98 Å². The van der Waals surface area contributed by atoms with Crippen molar-refractivity contribution in [1.82, 2.24) is 4.98 Å². The van der Waals surface area contributed by atoms with Crippen molar-refractivity contribution in [2.24, 2.45) is 11.7 Å². The number of hydrogen-bond donors (Lipinski definition) is 1. The number of aromatic nitrogens is 1. The van der Waals surface area contributed by atoms with Gasteiger partial charge in [0.25, 0.3) is 0 Å². The first-order valence-corrected chi connectivity index (χ1v) is 6.46. The van der Waals surface area contributed by atoms with Crippen LogP contribution in [0.15, 0.2) is 5.38 Å². The number of thiazole rings is 1. The molecule has 0 aromatic carbocycles. The second-order valence-corrected chi connectivity index (χ2v) is 6.21. The zero-order valence-electron chi connectivity index (χ0n) is 10.2. The Kier molecular flexibility index (Phi) is 4.29. The minimum absolute atomic E-state index is 0.172. The Hall–Kier alpha value is -0.410. The molecule has 1 heterocycles. The van der Waals surface area contributed by atoms with Gasteiger partial charge in [-0.3, -0.25) is 0 Å². The minimum atomic E-state index is 0.172. The Labute approximate surface area is 96.9 Å². The molecule has 0 saturated carbocycles. The van der Waals surface area contributed by atoms with Crippen LogP contribution >= 0.6 is 11.3 Å². The zero-order chi connectivity index (χ0) is 11.5. The molecule has 1 aromatic heterocycles. The van der Waals surface area contributed by atoms with Crippen molar-refractivity contribution >= 4 is 11.3 Å². The first-order chi connectivity index (χ1) is 6.93. The van der Waals surface area contributed by atoms with Crippen molar-refractivity contribution in [3.8, 4) is 0 Å². The SMILES string of the molecule is CC(CCN)Cc1nc(C(C)(C)C)cs1. The summed E-state index contributed by atoms with van der Waals surface area (Å²) in [4.78, 5) is 4.68. The van der Waals surface area contributed by atoms with Crippen LogP contribution in [0.2, 0.25) is 0 Å². The highest BCUT2D eigenvalue weighted by Gasteiger charge is 2.17. The fourth-order valence-electron chi connectivity index (χ4n) is 1.43. The van der Waals surface area contributed by atoms with E-state index in [0.717, 1.165) is 19.4 Å². The molecular weight excluding hydrogens is 204 g/mol. The summed E-state index contributed by atoms with van der Waals surface area (Å²) < 4.78 is 0. The van der Waals surface area contributed by atoms with E-state index in [4.69, 9.17) is 5.73 Å². The first kappa shape index (κ1) is 12.7. The fourth-order valence-corrected chi connectivity index (χ4v) is 2.62. The van der Waals surface area contributed by atoms with Crippen molar-refractivity contribution < 1.29 is 0 Å². The molecule has 1 aromatic rings. The third-order valence-corrected chi connectivity index (χ3v) is 3.37. The molecule has 0 fully saturated rings. The second kappa shape index (κ2) is 5.08. The van der Waals surface area contributed by atoms with Crippen LogP contribution < -0.4 is 5.73 Å². The Balaban J connectivity index is 2.61. The summed E-state index contributed by atoms with van der Waals surface area (Å²) in [7, 11) is 0. The topological polar surface area (TPSA) is 38.9 Å². The van der Waals surface area contributed by atoms with E-state index in [1.165, 1.54) is 10.7 Å². The minimum Gasteiger partial charge on any atom is -0.330 e. The van der Waals surface area contributed by atoms with Crippen LogP contribution in [0.1, 0.15) is 44.8 Å². The lowest BCUT2D eigenvalue weighted by atomic mass is 9.93. The molecule has 0 amide bonds. The molecule has 1 atom stereocenters. The van der Waals surface area contributed by atoms with Crippen molar-refractivity contribution in [3.63, 3.8) is 0 Å². The summed E-state index contributed by atoms with van der Waals surface area (Å²) in [5.41, 5.74) is 6.92. The van der Waals surface area contributed by atoms with E-state index in [-0.39, 0.29) is 5.41 Å². The van der Waals surface area contributed by atoms with E-state index in [9.17, 15) is 0 Å². The predicted molar refractivity (Wildman–Crippen MR) is 67.4 cm³/mol. The normalized spacial score (nSPS) is 14.2. The molecule has 0 aliphatic heterocycles. The summed E-state index contributed by atoms with van der Waals surface area (Å²) in [6.07, 6.45) is 2.16. The quantitative estimate of drug-likeness (QED) is 0.857. The van der Waals surface area contributed by atoms with Crippen molar-refractivity contribution in [2.75, 3.05) is 6.54 Å². The molecule has 1 rings (SSSR count). The van der Waals surface area contributed by atoms with Crippen LogP contribution in [0.3, 0.4) is 0 Å². The van der Waals surface area contributed by atoms with Crippen LogP contribution in [-0.4, -0.2) is 11.5 Å². The molecular formula is C12H22N2S. The molecule has 0 aliphatic carbocycles. The molecule has 0 saturated heterocycles. The maximum absolute atomic E-state index is 5.54. The summed E-state index contributed by atoms with van der Waals surface area (Å²) in [5.74, 6) is 0.647. The second-order valence-electron chi connectivity index (χ2n) is 5.26. The van der Waals surface area contributed by atoms with Crippen LogP contribution in [0, 0.1) is 5.92 Å². The van der Waals surface area contributed by atoms with E-state index in [2.05, 4.69) is 38.1 Å². The van der Waals surface area contributed by atoms with Crippen LogP contribution in [-0.2, 0) is 11.8 Å². The highest BCUT2D eigenvalue weighted by Crippen LogP contribution is 2.25. The van der Waals surface area contributed by atoms with Gasteiger partial charge in [0.2, 0.25) is 0 Å². The third kappa shape index (κ3) is 3.92. The van der Waals surface area contributed by atoms with Crippen LogP contribution in [0.4, 0.5) is 0 Å². The predicted octanol–water partition coefficient (Wildman–Crippen LogP) is 2.97. The first-order valence-electron chi connectivity index (χ1n) is 5.58. The average molecular weight is 226 g/mol. The van der Waals surface area contributed by atoms with E-state index < -0.39 is 0 Å². The van der Waals surface area contributed by atoms with Crippen LogP contribution in [0.5, 0.6) is 0 Å². The van der Waals surface area contributed by atoms with Gasteiger partial charge >= 0.3 is 0 Å². The Morgan fingerprint density at radius 2 is 2.13 bits per heavy atom. The lowest BCUT2D eigenvalue weighted by Crippen LogP contribution is -2.12. The summed E-state index contributed by atoms with van der Waals surface area (Å²) >= 11 is 1.78. The van der Waals surface area contributed by atoms with E-state index in [1.54, 1.807) is 11.3 Å². The van der Waals surface area contributed by atoms with Gasteiger partial charge in [0.05, 0.1) is 10.7 Å². The molecule has 2 N–H and O–H groups in total. The number of rotatable bonds is 4. The Morgan fingerprint density at radius 1 is 1.47 bits per heavy atom. The third-order valence-electron chi connectivity index (χ3n) is 2.50. The number of nitrogens with two attached hydrogens (primary N) is 1. The molecule has 15 heavy (non-hydrogen) atoms.